The molecule has 0 bridgehead atoms. The molecule has 1 aromatic rings. The maximum absolute atomic E-state index is 8.48. The zero-order chi connectivity index (χ0) is 8.81. The fraction of sp³-hybridized carbons (Fsp3) is 0.100. The fourth-order valence-electron chi connectivity index (χ4n) is 0.770. The second-order valence-electron chi connectivity index (χ2n) is 2.15. The van der Waals surface area contributed by atoms with Crippen LogP contribution in [0.3, 0.4) is 0 Å². The number of nitrogens with zero attached hydrogens (tertiary/aromatic N) is 1. The van der Waals surface area contributed by atoms with Crippen LogP contribution in [0.4, 0.5) is 0 Å². The van der Waals surface area contributed by atoms with Gasteiger partial charge < -0.3 is 5.11 Å². The van der Waals surface area contributed by atoms with Gasteiger partial charge in [0.2, 0.25) is 0 Å². The van der Waals surface area contributed by atoms with Crippen molar-refractivity contribution in [3.05, 3.63) is 35.4 Å². The molecular formula is C10H7NO. The monoisotopic (exact) mass is 157 g/mol. The van der Waals surface area contributed by atoms with Crippen molar-refractivity contribution >= 4 is 0 Å². The zero-order valence-electron chi connectivity index (χ0n) is 6.41. The van der Waals surface area contributed by atoms with E-state index in [0.29, 0.717) is 5.56 Å². The molecule has 0 aliphatic carbocycles. The van der Waals surface area contributed by atoms with Gasteiger partial charge in [-0.3, -0.25) is 0 Å². The Balaban J connectivity index is 2.87. The molecule has 0 aliphatic rings. The molecule has 1 aromatic carbocycles. The summed E-state index contributed by atoms with van der Waals surface area (Å²) in [5.74, 6) is 5.26. The van der Waals surface area contributed by atoms with Crippen molar-refractivity contribution in [2.24, 2.45) is 0 Å². The van der Waals surface area contributed by atoms with Crippen molar-refractivity contribution in [2.75, 3.05) is 6.61 Å². The molecule has 0 atom stereocenters. The van der Waals surface area contributed by atoms with E-state index in [1.54, 1.807) is 24.3 Å². The highest BCUT2D eigenvalue weighted by Crippen LogP contribution is 2.00. The molecule has 12 heavy (non-hydrogen) atoms. The Labute approximate surface area is 71.1 Å². The van der Waals surface area contributed by atoms with Crippen LogP contribution in [0.5, 0.6) is 0 Å². The van der Waals surface area contributed by atoms with E-state index in [1.165, 1.54) is 0 Å². The van der Waals surface area contributed by atoms with Gasteiger partial charge in [-0.05, 0) is 24.3 Å². The number of rotatable bonds is 0. The third-order valence-electron chi connectivity index (χ3n) is 1.33. The SMILES string of the molecule is N#Cc1ccc(C#CCO)cc1. The molecular weight excluding hydrogens is 150 g/mol. The normalized spacial score (nSPS) is 8.00. The number of nitriles is 1. The molecule has 0 unspecified atom stereocenters. The van der Waals surface area contributed by atoms with Crippen LogP contribution in [0.2, 0.25) is 0 Å². The Kier molecular flexibility index (Phi) is 2.90. The number of benzene rings is 1. The van der Waals surface area contributed by atoms with Crippen LogP contribution in [0.1, 0.15) is 11.1 Å². The molecule has 0 amide bonds. The lowest BCUT2D eigenvalue weighted by atomic mass is 10.1. The highest BCUT2D eigenvalue weighted by Gasteiger charge is 1.88. The lowest BCUT2D eigenvalue weighted by Crippen LogP contribution is -1.77. The van der Waals surface area contributed by atoms with Crippen molar-refractivity contribution in [1.82, 2.24) is 0 Å². The molecule has 2 heteroatoms. The standard InChI is InChI=1S/C10H7NO/c11-8-10-5-3-9(4-6-10)2-1-7-12/h3-6,12H,7H2. The first-order valence-electron chi connectivity index (χ1n) is 3.46. The van der Waals surface area contributed by atoms with E-state index in [2.05, 4.69) is 11.8 Å². The topological polar surface area (TPSA) is 44.0 Å². The number of hydrogen-bond donors (Lipinski definition) is 1. The largest absolute Gasteiger partial charge is 0.384 e. The minimum absolute atomic E-state index is 0.139. The van der Waals surface area contributed by atoms with E-state index < -0.39 is 0 Å². The summed E-state index contributed by atoms with van der Waals surface area (Å²) in [6.45, 7) is -0.139. The Morgan fingerprint density at radius 1 is 1.17 bits per heavy atom. The van der Waals surface area contributed by atoms with Gasteiger partial charge in [0, 0.05) is 5.56 Å². The summed E-state index contributed by atoms with van der Waals surface area (Å²) in [5.41, 5.74) is 1.42. The molecule has 2 nitrogen and oxygen atoms in total. The molecule has 0 fully saturated rings. The Hall–Kier alpha value is -1.77. The summed E-state index contributed by atoms with van der Waals surface area (Å²) in [6.07, 6.45) is 0. The summed E-state index contributed by atoms with van der Waals surface area (Å²) in [7, 11) is 0. The van der Waals surface area contributed by atoms with Crippen LogP contribution in [-0.2, 0) is 0 Å². The Morgan fingerprint density at radius 3 is 2.25 bits per heavy atom. The van der Waals surface area contributed by atoms with Crippen LogP contribution in [-0.4, -0.2) is 11.7 Å². The molecule has 0 spiro atoms. The maximum atomic E-state index is 8.48. The third-order valence-corrected chi connectivity index (χ3v) is 1.33. The summed E-state index contributed by atoms with van der Waals surface area (Å²) < 4.78 is 0. The summed E-state index contributed by atoms with van der Waals surface area (Å²) in [4.78, 5) is 0. The molecule has 0 aliphatic heterocycles. The second-order valence-corrected chi connectivity index (χ2v) is 2.15. The number of hydrogen-bond acceptors (Lipinski definition) is 2. The Bertz CT molecular complexity index is 348. The van der Waals surface area contributed by atoms with E-state index in [1.807, 2.05) is 6.07 Å². The van der Waals surface area contributed by atoms with Crippen LogP contribution in [0.15, 0.2) is 24.3 Å². The lowest BCUT2D eigenvalue weighted by molar-refractivity contribution is 0.350. The molecule has 1 N–H and O–H groups in total. The van der Waals surface area contributed by atoms with Crippen LogP contribution in [0.25, 0.3) is 0 Å². The lowest BCUT2D eigenvalue weighted by Gasteiger charge is -1.88. The summed E-state index contributed by atoms with van der Waals surface area (Å²) >= 11 is 0. The highest BCUT2D eigenvalue weighted by molar-refractivity contribution is 5.39. The van der Waals surface area contributed by atoms with Crippen LogP contribution >= 0.6 is 0 Å². The first-order chi connectivity index (χ1) is 5.86. The van der Waals surface area contributed by atoms with Crippen molar-refractivity contribution in [3.8, 4) is 17.9 Å². The van der Waals surface area contributed by atoms with Crippen LogP contribution < -0.4 is 0 Å². The fourth-order valence-corrected chi connectivity index (χ4v) is 0.770. The molecule has 0 radical (unpaired) electrons. The van der Waals surface area contributed by atoms with E-state index in [9.17, 15) is 0 Å². The minimum atomic E-state index is -0.139. The van der Waals surface area contributed by atoms with Gasteiger partial charge in [0.15, 0.2) is 0 Å². The van der Waals surface area contributed by atoms with E-state index in [-0.39, 0.29) is 6.61 Å². The quantitative estimate of drug-likeness (QED) is 0.569. The van der Waals surface area contributed by atoms with Gasteiger partial charge in [-0.2, -0.15) is 5.26 Å². The van der Waals surface area contributed by atoms with E-state index >= 15 is 0 Å². The Morgan fingerprint density at radius 2 is 1.75 bits per heavy atom. The van der Waals surface area contributed by atoms with Gasteiger partial charge in [0.05, 0.1) is 11.6 Å². The van der Waals surface area contributed by atoms with Gasteiger partial charge in [-0.1, -0.05) is 11.8 Å². The maximum Gasteiger partial charge on any atom is 0.104 e. The number of aliphatic hydroxyl groups is 1. The molecule has 0 saturated heterocycles. The average molecular weight is 157 g/mol. The smallest absolute Gasteiger partial charge is 0.104 e. The van der Waals surface area contributed by atoms with Crippen LogP contribution in [0, 0.1) is 23.2 Å². The molecule has 0 saturated carbocycles. The van der Waals surface area contributed by atoms with Crippen molar-refractivity contribution in [2.45, 2.75) is 0 Å². The van der Waals surface area contributed by atoms with Gasteiger partial charge in [-0.15, -0.1) is 0 Å². The first-order valence-corrected chi connectivity index (χ1v) is 3.46. The third kappa shape index (κ3) is 2.12. The second kappa shape index (κ2) is 4.18. The molecule has 1 rings (SSSR count). The predicted molar refractivity (Wildman–Crippen MR) is 45.1 cm³/mol. The predicted octanol–water partition coefficient (Wildman–Crippen LogP) is 0.902. The molecule has 0 aromatic heterocycles. The van der Waals surface area contributed by atoms with E-state index in [0.717, 1.165) is 5.56 Å². The van der Waals surface area contributed by atoms with Gasteiger partial charge in [-0.25, -0.2) is 0 Å². The minimum Gasteiger partial charge on any atom is -0.384 e. The number of aliphatic hydroxyl groups excluding tert-OH is 1. The van der Waals surface area contributed by atoms with Crippen molar-refractivity contribution in [1.29, 1.82) is 5.26 Å². The van der Waals surface area contributed by atoms with Gasteiger partial charge in [0.25, 0.3) is 0 Å². The summed E-state index contributed by atoms with van der Waals surface area (Å²) in [6, 6.07) is 8.91. The molecule has 58 valence electrons. The average Bonchev–Trinajstić information content (AvgIpc) is 2.15. The first kappa shape index (κ1) is 8.33. The molecule has 0 heterocycles. The zero-order valence-corrected chi connectivity index (χ0v) is 6.41. The van der Waals surface area contributed by atoms with Gasteiger partial charge in [0.1, 0.15) is 6.61 Å². The van der Waals surface area contributed by atoms with Crippen molar-refractivity contribution in [3.63, 3.8) is 0 Å². The summed E-state index contributed by atoms with van der Waals surface area (Å²) in [5, 5.41) is 16.9. The van der Waals surface area contributed by atoms with E-state index in [4.69, 9.17) is 10.4 Å². The van der Waals surface area contributed by atoms with Gasteiger partial charge >= 0.3 is 0 Å². The van der Waals surface area contributed by atoms with Crippen molar-refractivity contribution < 1.29 is 5.11 Å². The highest BCUT2D eigenvalue weighted by atomic mass is 16.2.